The highest BCUT2D eigenvalue weighted by molar-refractivity contribution is 6.32. The van der Waals surface area contributed by atoms with Crippen LogP contribution >= 0.6 is 11.6 Å². The number of aromatic nitrogens is 3. The molecule has 0 saturated carbocycles. The first-order valence-corrected chi connectivity index (χ1v) is 6.49. The molecule has 2 heterocycles. The summed E-state index contributed by atoms with van der Waals surface area (Å²) in [6, 6.07) is 1.55. The largest absolute Gasteiger partial charge is 0.444 e. The third-order valence-corrected chi connectivity index (χ3v) is 2.59. The van der Waals surface area contributed by atoms with Crippen LogP contribution in [0.4, 0.5) is 14.9 Å². The van der Waals surface area contributed by atoms with Gasteiger partial charge in [-0.3, -0.25) is 5.32 Å². The van der Waals surface area contributed by atoms with Crippen LogP contribution in [0.3, 0.4) is 0 Å². The first kappa shape index (κ1) is 15.2. The minimum absolute atomic E-state index is 0.0502. The van der Waals surface area contributed by atoms with E-state index in [1.54, 1.807) is 26.8 Å². The van der Waals surface area contributed by atoms with E-state index >= 15 is 0 Å². The second-order valence-corrected chi connectivity index (χ2v) is 5.58. The smallest absolute Gasteiger partial charge is 0.412 e. The molecule has 0 spiro atoms. The average molecular weight is 313 g/mol. The lowest BCUT2D eigenvalue weighted by molar-refractivity contribution is 0.0636. The van der Waals surface area contributed by atoms with E-state index in [4.69, 9.17) is 16.3 Å². The van der Waals surface area contributed by atoms with Gasteiger partial charge in [0.1, 0.15) is 11.3 Å². The number of ether oxygens (including phenoxy) is 1. The monoisotopic (exact) mass is 312 g/mol. The molecule has 2 aromatic heterocycles. The molecular formula is C13H14ClFN4O2. The summed E-state index contributed by atoms with van der Waals surface area (Å²) in [6.07, 6.45) is 2.95. The predicted octanol–water partition coefficient (Wildman–Crippen LogP) is 3.41. The van der Waals surface area contributed by atoms with E-state index in [9.17, 15) is 9.18 Å². The van der Waals surface area contributed by atoms with E-state index in [1.807, 2.05) is 0 Å². The number of carbonyl (C=O) groups excluding carboxylic acids is 1. The van der Waals surface area contributed by atoms with Crippen LogP contribution < -0.4 is 5.32 Å². The van der Waals surface area contributed by atoms with Gasteiger partial charge in [-0.1, -0.05) is 11.6 Å². The van der Waals surface area contributed by atoms with Gasteiger partial charge in [-0.2, -0.15) is 5.10 Å². The molecule has 1 amide bonds. The number of anilines is 1. The predicted molar refractivity (Wildman–Crippen MR) is 76.2 cm³/mol. The summed E-state index contributed by atoms with van der Waals surface area (Å²) >= 11 is 5.99. The Bertz CT molecular complexity index is 666. The van der Waals surface area contributed by atoms with Crippen molar-refractivity contribution < 1.29 is 13.9 Å². The average Bonchev–Trinajstić information content (AvgIpc) is 2.76. The van der Waals surface area contributed by atoms with Crippen LogP contribution in [0.2, 0.25) is 5.15 Å². The van der Waals surface area contributed by atoms with E-state index in [0.717, 1.165) is 12.4 Å². The van der Waals surface area contributed by atoms with Gasteiger partial charge in [0, 0.05) is 6.20 Å². The van der Waals surface area contributed by atoms with Gasteiger partial charge < -0.3 is 4.74 Å². The molecule has 21 heavy (non-hydrogen) atoms. The summed E-state index contributed by atoms with van der Waals surface area (Å²) in [6.45, 7) is 5.21. The van der Waals surface area contributed by atoms with Crippen molar-refractivity contribution in [2.24, 2.45) is 0 Å². The molecule has 0 aliphatic rings. The van der Waals surface area contributed by atoms with Crippen molar-refractivity contribution in [3.05, 3.63) is 35.6 Å². The third-order valence-electron chi connectivity index (χ3n) is 2.31. The van der Waals surface area contributed by atoms with E-state index in [-0.39, 0.29) is 10.8 Å². The molecule has 2 rings (SSSR count). The van der Waals surface area contributed by atoms with Crippen molar-refractivity contribution >= 4 is 23.4 Å². The number of pyridine rings is 1. The van der Waals surface area contributed by atoms with Crippen molar-refractivity contribution in [1.82, 2.24) is 14.8 Å². The van der Waals surface area contributed by atoms with Crippen LogP contribution in [-0.2, 0) is 4.74 Å². The summed E-state index contributed by atoms with van der Waals surface area (Å²) in [5.74, 6) is -0.508. The van der Waals surface area contributed by atoms with Crippen LogP contribution in [0.1, 0.15) is 20.8 Å². The molecule has 2 aromatic rings. The molecule has 0 aliphatic heterocycles. The molecule has 8 heteroatoms. The standard InChI is InChI=1S/C13H14ClFN4O2/c1-13(2,3)21-12(20)18-10-9(4-5-16-11(10)14)19-7-8(15)6-17-19/h4-7H,1-3H3,(H,18,20). The molecule has 0 aliphatic carbocycles. The Morgan fingerprint density at radius 3 is 2.76 bits per heavy atom. The number of nitrogens with one attached hydrogen (secondary N) is 1. The molecule has 112 valence electrons. The highest BCUT2D eigenvalue weighted by Gasteiger charge is 2.19. The van der Waals surface area contributed by atoms with Crippen molar-refractivity contribution in [3.8, 4) is 5.69 Å². The maximum Gasteiger partial charge on any atom is 0.412 e. The zero-order chi connectivity index (χ0) is 15.6. The van der Waals surface area contributed by atoms with E-state index in [2.05, 4.69) is 15.4 Å². The normalized spacial score (nSPS) is 11.3. The van der Waals surface area contributed by atoms with Crippen molar-refractivity contribution in [1.29, 1.82) is 0 Å². The Morgan fingerprint density at radius 2 is 2.19 bits per heavy atom. The van der Waals surface area contributed by atoms with Gasteiger partial charge in [-0.15, -0.1) is 0 Å². The minimum atomic E-state index is -0.689. The van der Waals surface area contributed by atoms with Gasteiger partial charge >= 0.3 is 6.09 Å². The second kappa shape index (κ2) is 5.69. The van der Waals surface area contributed by atoms with Gasteiger partial charge in [0.05, 0.1) is 18.1 Å². The SMILES string of the molecule is CC(C)(C)OC(=O)Nc1c(-n2cc(F)cn2)ccnc1Cl. The summed E-state index contributed by atoms with van der Waals surface area (Å²) < 4.78 is 19.5. The maximum absolute atomic E-state index is 13.1. The molecule has 0 fully saturated rings. The van der Waals surface area contributed by atoms with Gasteiger partial charge in [0.15, 0.2) is 11.0 Å². The first-order chi connectivity index (χ1) is 9.76. The number of hydrogen-bond donors (Lipinski definition) is 1. The number of carbonyl (C=O) groups is 1. The molecule has 0 saturated heterocycles. The zero-order valence-corrected chi connectivity index (χ0v) is 12.5. The van der Waals surface area contributed by atoms with E-state index < -0.39 is 17.5 Å². The Hall–Kier alpha value is -2.15. The Kier molecular flexibility index (Phi) is 4.13. The summed E-state index contributed by atoms with van der Waals surface area (Å²) in [7, 11) is 0. The summed E-state index contributed by atoms with van der Waals surface area (Å²) in [5.41, 5.74) is -0.0854. The molecule has 6 nitrogen and oxygen atoms in total. The number of nitrogens with zero attached hydrogens (tertiary/aromatic N) is 3. The molecule has 1 N–H and O–H groups in total. The Labute approximate surface area is 125 Å². The van der Waals surface area contributed by atoms with Gasteiger partial charge in [0.2, 0.25) is 0 Å². The topological polar surface area (TPSA) is 69.0 Å². The second-order valence-electron chi connectivity index (χ2n) is 5.23. The van der Waals surface area contributed by atoms with Crippen LogP contribution in [0.25, 0.3) is 5.69 Å². The van der Waals surface area contributed by atoms with E-state index in [0.29, 0.717) is 5.69 Å². The molecule has 0 bridgehead atoms. The quantitative estimate of drug-likeness (QED) is 0.863. The highest BCUT2D eigenvalue weighted by Crippen LogP contribution is 2.27. The molecule has 0 radical (unpaired) electrons. The number of rotatable bonds is 2. The number of hydrogen-bond acceptors (Lipinski definition) is 4. The molecule has 0 aromatic carbocycles. The van der Waals surface area contributed by atoms with Crippen molar-refractivity contribution in [2.45, 2.75) is 26.4 Å². The molecular weight excluding hydrogens is 299 g/mol. The Balaban J connectivity index is 2.33. The first-order valence-electron chi connectivity index (χ1n) is 6.11. The lowest BCUT2D eigenvalue weighted by Crippen LogP contribution is -2.27. The van der Waals surface area contributed by atoms with Crippen molar-refractivity contribution in [2.75, 3.05) is 5.32 Å². The molecule has 0 atom stereocenters. The van der Waals surface area contributed by atoms with E-state index in [1.165, 1.54) is 10.9 Å². The Morgan fingerprint density at radius 1 is 1.48 bits per heavy atom. The van der Waals surface area contributed by atoms with Crippen LogP contribution in [0, 0.1) is 5.82 Å². The van der Waals surface area contributed by atoms with Crippen LogP contribution in [-0.4, -0.2) is 26.5 Å². The molecule has 0 unspecified atom stereocenters. The third kappa shape index (κ3) is 3.91. The lowest BCUT2D eigenvalue weighted by atomic mass is 10.2. The van der Waals surface area contributed by atoms with Gasteiger partial charge in [-0.25, -0.2) is 18.9 Å². The number of amides is 1. The lowest BCUT2D eigenvalue weighted by Gasteiger charge is -2.20. The van der Waals surface area contributed by atoms with Crippen LogP contribution in [0.15, 0.2) is 24.7 Å². The van der Waals surface area contributed by atoms with Gasteiger partial charge in [-0.05, 0) is 26.8 Å². The van der Waals surface area contributed by atoms with Gasteiger partial charge in [0.25, 0.3) is 0 Å². The number of halogens is 2. The highest BCUT2D eigenvalue weighted by atomic mass is 35.5. The summed E-state index contributed by atoms with van der Waals surface area (Å²) in [5, 5.41) is 6.39. The fraction of sp³-hybridized carbons (Fsp3) is 0.308. The fourth-order valence-electron chi connectivity index (χ4n) is 1.57. The fourth-order valence-corrected chi connectivity index (χ4v) is 1.77. The minimum Gasteiger partial charge on any atom is -0.444 e. The zero-order valence-electron chi connectivity index (χ0n) is 11.7. The van der Waals surface area contributed by atoms with Crippen LogP contribution in [0.5, 0.6) is 0 Å². The maximum atomic E-state index is 13.1. The summed E-state index contributed by atoms with van der Waals surface area (Å²) in [4.78, 5) is 15.7. The van der Waals surface area contributed by atoms with Crippen molar-refractivity contribution in [3.63, 3.8) is 0 Å².